The molecule has 220 valence electrons. The second-order valence-electron chi connectivity index (χ2n) is 12.0. The number of anilines is 1. The molecule has 0 unspecified atom stereocenters. The number of carbonyl (C=O) groups is 3. The van der Waals surface area contributed by atoms with Gasteiger partial charge >= 0.3 is 12.1 Å². The maximum Gasteiger partial charge on any atom is 0.408 e. The molecule has 1 heterocycles. The Bertz CT molecular complexity index is 941. The van der Waals surface area contributed by atoms with Crippen LogP contribution in [0.5, 0.6) is 5.75 Å². The van der Waals surface area contributed by atoms with Crippen molar-refractivity contribution < 1.29 is 33.3 Å². The van der Waals surface area contributed by atoms with Gasteiger partial charge in [-0.15, -0.1) is 0 Å². The van der Waals surface area contributed by atoms with Crippen molar-refractivity contribution in [2.75, 3.05) is 25.6 Å². The zero-order valence-electron chi connectivity index (χ0n) is 24.9. The van der Waals surface area contributed by atoms with Gasteiger partial charge in [0.15, 0.2) is 0 Å². The first-order valence-corrected chi connectivity index (χ1v) is 14.0. The molecule has 1 saturated heterocycles. The molecule has 1 aliphatic rings. The average molecular weight is 549 g/mol. The molecule has 2 rings (SSSR count). The largest absolute Gasteiger partial charge is 0.491 e. The molecule has 9 nitrogen and oxygen atoms in total. The molecule has 9 heteroatoms. The van der Waals surface area contributed by atoms with E-state index in [1.165, 1.54) is 0 Å². The van der Waals surface area contributed by atoms with Crippen LogP contribution >= 0.6 is 0 Å². The number of nitrogens with one attached hydrogen (secondary N) is 2. The van der Waals surface area contributed by atoms with Crippen LogP contribution in [0.2, 0.25) is 0 Å². The maximum atomic E-state index is 13.2. The second kappa shape index (κ2) is 15.1. The highest BCUT2D eigenvalue weighted by Crippen LogP contribution is 2.33. The van der Waals surface area contributed by atoms with Crippen molar-refractivity contribution in [2.45, 2.75) is 91.9 Å². The Kier molecular flexibility index (Phi) is 12.5. The summed E-state index contributed by atoms with van der Waals surface area (Å²) in [5, 5.41) is 5.93. The van der Waals surface area contributed by atoms with Crippen LogP contribution in [0.4, 0.5) is 10.5 Å². The SMILES string of the molecule is COCCCOc1ccccc1NC(=O)C[C@@H](C[C@H](NC(=O)OC(C)(C)C)[C@H]1C[C@@H](C(C)C)C(=O)O1)C(C)C. The molecular weight excluding hydrogens is 500 g/mol. The number of ether oxygens (including phenoxy) is 4. The lowest BCUT2D eigenvalue weighted by molar-refractivity contribution is -0.146. The van der Waals surface area contributed by atoms with Gasteiger partial charge in [-0.25, -0.2) is 4.79 Å². The summed E-state index contributed by atoms with van der Waals surface area (Å²) in [5.41, 5.74) is -0.0620. The zero-order valence-corrected chi connectivity index (χ0v) is 24.9. The molecule has 1 aromatic rings. The first kappa shape index (κ1) is 32.4. The monoisotopic (exact) mass is 548 g/mol. The summed E-state index contributed by atoms with van der Waals surface area (Å²) in [4.78, 5) is 38.4. The Labute approximate surface area is 233 Å². The molecule has 39 heavy (non-hydrogen) atoms. The Morgan fingerprint density at radius 3 is 2.38 bits per heavy atom. The minimum atomic E-state index is -0.669. The highest BCUT2D eigenvalue weighted by Gasteiger charge is 2.42. The van der Waals surface area contributed by atoms with Crippen LogP contribution in [0, 0.1) is 23.7 Å². The first-order valence-electron chi connectivity index (χ1n) is 14.0. The topological polar surface area (TPSA) is 112 Å². The van der Waals surface area contributed by atoms with E-state index in [0.29, 0.717) is 37.5 Å². The van der Waals surface area contributed by atoms with Crippen LogP contribution in [-0.4, -0.2) is 56.0 Å². The van der Waals surface area contributed by atoms with Crippen LogP contribution < -0.4 is 15.4 Å². The van der Waals surface area contributed by atoms with Gasteiger partial charge in [0.05, 0.1) is 24.3 Å². The molecule has 2 amide bonds. The highest BCUT2D eigenvalue weighted by molar-refractivity contribution is 5.92. The minimum absolute atomic E-state index is 0.0866. The molecule has 1 fully saturated rings. The lowest BCUT2D eigenvalue weighted by atomic mass is 9.83. The molecule has 0 aliphatic carbocycles. The van der Waals surface area contributed by atoms with Crippen molar-refractivity contribution in [3.8, 4) is 5.75 Å². The van der Waals surface area contributed by atoms with E-state index in [0.717, 1.165) is 6.42 Å². The van der Waals surface area contributed by atoms with E-state index in [4.69, 9.17) is 18.9 Å². The third-order valence-electron chi connectivity index (χ3n) is 6.87. The van der Waals surface area contributed by atoms with Crippen LogP contribution in [0.3, 0.4) is 0 Å². The van der Waals surface area contributed by atoms with Gasteiger partial charge in [0.1, 0.15) is 17.5 Å². The van der Waals surface area contributed by atoms with E-state index in [-0.39, 0.29) is 42.0 Å². The number of esters is 1. The van der Waals surface area contributed by atoms with Gasteiger partial charge in [-0.3, -0.25) is 9.59 Å². The number of cyclic esters (lactones) is 1. The number of rotatable bonds is 14. The predicted octanol–water partition coefficient (Wildman–Crippen LogP) is 5.57. The Morgan fingerprint density at radius 2 is 1.79 bits per heavy atom. The number of carbonyl (C=O) groups excluding carboxylic acids is 3. The number of alkyl carbamates (subject to hydrolysis) is 1. The number of benzene rings is 1. The normalized spacial score (nSPS) is 19.0. The van der Waals surface area contributed by atoms with Crippen LogP contribution in [-0.2, 0) is 23.8 Å². The fraction of sp³-hybridized carbons (Fsp3) is 0.700. The maximum absolute atomic E-state index is 13.2. The summed E-state index contributed by atoms with van der Waals surface area (Å²) in [6.07, 6.45) is 0.899. The molecule has 0 radical (unpaired) electrons. The quantitative estimate of drug-likeness (QED) is 0.231. The Morgan fingerprint density at radius 1 is 1.10 bits per heavy atom. The van der Waals surface area contributed by atoms with E-state index >= 15 is 0 Å². The van der Waals surface area contributed by atoms with E-state index in [1.54, 1.807) is 27.9 Å². The first-order chi connectivity index (χ1) is 18.3. The standard InChI is InChI=1S/C30H48N2O7/c1-19(2)21(17-27(33)31-23-12-9-10-13-25(23)37-15-11-14-36-8)16-24(32-29(35)39-30(5,6)7)26-18-22(20(3)4)28(34)38-26/h9-10,12-13,19-22,24,26H,11,14-18H2,1-8H3,(H,31,33)(H,32,35)/t21-,22+,24+,26-/m1/s1. The molecule has 2 N–H and O–H groups in total. The summed E-state index contributed by atoms with van der Waals surface area (Å²) in [6, 6.07) is 6.85. The van der Waals surface area contributed by atoms with Crippen molar-refractivity contribution in [1.82, 2.24) is 5.32 Å². The average Bonchev–Trinajstić information content (AvgIpc) is 3.22. The third kappa shape index (κ3) is 11.1. The molecule has 1 aromatic carbocycles. The number of amides is 2. The summed E-state index contributed by atoms with van der Waals surface area (Å²) < 4.78 is 22.2. The Hall–Kier alpha value is -2.81. The van der Waals surface area contributed by atoms with E-state index in [2.05, 4.69) is 10.6 Å². The predicted molar refractivity (Wildman–Crippen MR) is 151 cm³/mol. The summed E-state index contributed by atoms with van der Waals surface area (Å²) in [6.45, 7) is 14.5. The van der Waals surface area contributed by atoms with Crippen LogP contribution in [0.25, 0.3) is 0 Å². The fourth-order valence-electron chi connectivity index (χ4n) is 4.62. The molecule has 0 bridgehead atoms. The second-order valence-corrected chi connectivity index (χ2v) is 12.0. The van der Waals surface area contributed by atoms with E-state index < -0.39 is 23.8 Å². The van der Waals surface area contributed by atoms with Crippen molar-refractivity contribution in [3.63, 3.8) is 0 Å². The van der Waals surface area contributed by atoms with Gasteiger partial charge < -0.3 is 29.6 Å². The van der Waals surface area contributed by atoms with E-state index in [1.807, 2.05) is 52.0 Å². The number of hydrogen-bond acceptors (Lipinski definition) is 7. The van der Waals surface area contributed by atoms with Gasteiger partial charge in [0.2, 0.25) is 5.91 Å². The smallest absolute Gasteiger partial charge is 0.408 e. The highest BCUT2D eigenvalue weighted by atomic mass is 16.6. The Balaban J connectivity index is 2.14. The summed E-state index contributed by atoms with van der Waals surface area (Å²) in [7, 11) is 1.65. The molecular formula is C30H48N2O7. The van der Waals surface area contributed by atoms with E-state index in [9.17, 15) is 14.4 Å². The van der Waals surface area contributed by atoms with Crippen LogP contribution in [0.15, 0.2) is 24.3 Å². The lowest BCUT2D eigenvalue weighted by Crippen LogP contribution is -2.47. The van der Waals surface area contributed by atoms with Crippen molar-refractivity contribution >= 4 is 23.7 Å². The van der Waals surface area contributed by atoms with Crippen molar-refractivity contribution in [2.24, 2.45) is 23.7 Å². The number of para-hydroxylation sites is 2. The van der Waals surface area contributed by atoms with Gasteiger partial charge in [0.25, 0.3) is 0 Å². The molecule has 4 atom stereocenters. The van der Waals surface area contributed by atoms with Gasteiger partial charge in [0, 0.05) is 26.6 Å². The molecule has 0 spiro atoms. The summed E-state index contributed by atoms with van der Waals surface area (Å²) >= 11 is 0. The molecule has 0 saturated carbocycles. The number of hydrogen-bond donors (Lipinski definition) is 2. The minimum Gasteiger partial charge on any atom is -0.491 e. The van der Waals surface area contributed by atoms with Gasteiger partial charge in [-0.05, 0) is 63.5 Å². The van der Waals surface area contributed by atoms with Gasteiger partial charge in [-0.1, -0.05) is 39.8 Å². The van der Waals surface area contributed by atoms with Crippen molar-refractivity contribution in [3.05, 3.63) is 24.3 Å². The summed E-state index contributed by atoms with van der Waals surface area (Å²) in [5.74, 6) is 0.166. The fourth-order valence-corrected chi connectivity index (χ4v) is 4.62. The van der Waals surface area contributed by atoms with Crippen molar-refractivity contribution in [1.29, 1.82) is 0 Å². The zero-order chi connectivity index (χ0) is 29.2. The van der Waals surface area contributed by atoms with Gasteiger partial charge in [-0.2, -0.15) is 0 Å². The molecule has 1 aliphatic heterocycles. The number of methoxy groups -OCH3 is 1. The molecule has 0 aromatic heterocycles. The van der Waals surface area contributed by atoms with Crippen LogP contribution in [0.1, 0.15) is 74.1 Å². The third-order valence-corrected chi connectivity index (χ3v) is 6.87. The lowest BCUT2D eigenvalue weighted by Gasteiger charge is -2.31.